The topological polar surface area (TPSA) is 32.3 Å². The lowest BCUT2D eigenvalue weighted by atomic mass is 9.91. The van der Waals surface area contributed by atoms with Crippen molar-refractivity contribution in [2.75, 3.05) is 18.4 Å². The van der Waals surface area contributed by atoms with Crippen LogP contribution < -0.4 is 5.32 Å². The van der Waals surface area contributed by atoms with E-state index in [-0.39, 0.29) is 5.91 Å². The highest BCUT2D eigenvalue weighted by atomic mass is 16.2. The Morgan fingerprint density at radius 2 is 2.15 bits per heavy atom. The summed E-state index contributed by atoms with van der Waals surface area (Å²) in [5.41, 5.74) is 3.35. The summed E-state index contributed by atoms with van der Waals surface area (Å²) in [5, 5.41) is 3.40. The Morgan fingerprint density at radius 3 is 3.00 bits per heavy atom. The average molecular weight is 272 g/mol. The molecule has 3 heteroatoms. The van der Waals surface area contributed by atoms with Crippen molar-refractivity contribution in [3.8, 4) is 0 Å². The predicted octanol–water partition coefficient (Wildman–Crippen LogP) is 3.31. The van der Waals surface area contributed by atoms with E-state index in [1.54, 1.807) is 0 Å². The molecule has 0 spiro atoms. The van der Waals surface area contributed by atoms with E-state index in [1.165, 1.54) is 17.7 Å². The van der Waals surface area contributed by atoms with Gasteiger partial charge in [0, 0.05) is 30.4 Å². The maximum absolute atomic E-state index is 12.7. The molecule has 2 heterocycles. The molecule has 3 nitrogen and oxygen atoms in total. The summed E-state index contributed by atoms with van der Waals surface area (Å²) >= 11 is 0. The second-order valence-corrected chi connectivity index (χ2v) is 6.26. The summed E-state index contributed by atoms with van der Waals surface area (Å²) in [5.74, 6) is 0.810. The van der Waals surface area contributed by atoms with Crippen LogP contribution in [0.15, 0.2) is 18.2 Å². The molecule has 0 radical (unpaired) electrons. The van der Waals surface area contributed by atoms with Crippen molar-refractivity contribution >= 4 is 11.6 Å². The van der Waals surface area contributed by atoms with Crippen molar-refractivity contribution in [2.24, 2.45) is 5.92 Å². The number of carbonyl (C=O) groups excluding carboxylic acids is 1. The molecular formula is C17H24N2O. The molecule has 1 aromatic carbocycles. The first kappa shape index (κ1) is 13.5. The van der Waals surface area contributed by atoms with Crippen LogP contribution in [0, 0.1) is 5.92 Å². The van der Waals surface area contributed by atoms with Crippen LogP contribution in [-0.2, 0) is 6.42 Å². The van der Waals surface area contributed by atoms with E-state index >= 15 is 0 Å². The smallest absolute Gasteiger partial charge is 0.254 e. The molecule has 2 aliphatic heterocycles. The van der Waals surface area contributed by atoms with E-state index in [2.05, 4.69) is 36.2 Å². The van der Waals surface area contributed by atoms with Crippen molar-refractivity contribution < 1.29 is 4.79 Å². The molecule has 1 saturated heterocycles. The van der Waals surface area contributed by atoms with Crippen molar-refractivity contribution in [2.45, 2.75) is 45.6 Å². The van der Waals surface area contributed by atoms with E-state index in [4.69, 9.17) is 0 Å². The molecule has 0 aliphatic carbocycles. The van der Waals surface area contributed by atoms with Gasteiger partial charge >= 0.3 is 0 Å². The summed E-state index contributed by atoms with van der Waals surface area (Å²) in [7, 11) is 0. The highest BCUT2D eigenvalue weighted by Gasteiger charge is 2.29. The van der Waals surface area contributed by atoms with Crippen LogP contribution in [0.1, 0.15) is 49.0 Å². The molecule has 3 rings (SSSR count). The summed E-state index contributed by atoms with van der Waals surface area (Å²) in [4.78, 5) is 14.8. The van der Waals surface area contributed by atoms with Crippen molar-refractivity contribution in [3.05, 3.63) is 29.3 Å². The maximum Gasteiger partial charge on any atom is 0.254 e. The molecule has 2 atom stereocenters. The molecule has 1 aromatic rings. The van der Waals surface area contributed by atoms with Gasteiger partial charge in [-0.2, -0.15) is 0 Å². The Labute approximate surface area is 121 Å². The van der Waals surface area contributed by atoms with Crippen molar-refractivity contribution in [3.63, 3.8) is 0 Å². The summed E-state index contributed by atoms with van der Waals surface area (Å²) in [6.07, 6.45) is 4.60. The number of hydrogen-bond acceptors (Lipinski definition) is 2. The monoisotopic (exact) mass is 272 g/mol. The van der Waals surface area contributed by atoms with E-state index in [9.17, 15) is 4.79 Å². The van der Waals surface area contributed by atoms with Gasteiger partial charge in [-0.15, -0.1) is 0 Å². The Morgan fingerprint density at radius 1 is 1.30 bits per heavy atom. The average Bonchev–Trinajstić information content (AvgIpc) is 2.49. The van der Waals surface area contributed by atoms with Gasteiger partial charge in [-0.25, -0.2) is 0 Å². The molecular weight excluding hydrogens is 248 g/mol. The first-order valence-electron chi connectivity index (χ1n) is 7.84. The zero-order chi connectivity index (χ0) is 14.1. The van der Waals surface area contributed by atoms with Gasteiger partial charge in [-0.05, 0) is 62.3 Å². The van der Waals surface area contributed by atoms with Gasteiger partial charge < -0.3 is 10.2 Å². The molecule has 2 aliphatic rings. The van der Waals surface area contributed by atoms with Gasteiger partial charge in [0.15, 0.2) is 0 Å². The van der Waals surface area contributed by atoms with Gasteiger partial charge in [-0.3, -0.25) is 4.79 Å². The number of nitrogens with zero attached hydrogens (tertiary/aromatic N) is 1. The third-order valence-electron chi connectivity index (χ3n) is 4.93. The molecule has 1 N–H and O–H groups in total. The van der Waals surface area contributed by atoms with E-state index in [0.29, 0.717) is 12.0 Å². The lowest BCUT2D eigenvalue weighted by Crippen LogP contribution is -2.46. The van der Waals surface area contributed by atoms with Crippen LogP contribution >= 0.6 is 0 Å². The van der Waals surface area contributed by atoms with Gasteiger partial charge in [0.2, 0.25) is 0 Å². The van der Waals surface area contributed by atoms with Crippen LogP contribution in [0.25, 0.3) is 0 Å². The third kappa shape index (κ3) is 2.41. The number of fused-ring (bicyclic) bond motifs is 1. The number of hydrogen-bond donors (Lipinski definition) is 1. The minimum absolute atomic E-state index is 0.206. The molecule has 20 heavy (non-hydrogen) atoms. The molecule has 1 amide bonds. The quantitative estimate of drug-likeness (QED) is 0.850. The van der Waals surface area contributed by atoms with Crippen LogP contribution in [0.4, 0.5) is 5.69 Å². The Bertz CT molecular complexity index is 512. The lowest BCUT2D eigenvalue weighted by molar-refractivity contribution is 0.0551. The molecule has 0 saturated carbocycles. The minimum Gasteiger partial charge on any atom is -0.385 e. The largest absolute Gasteiger partial charge is 0.385 e. The fraction of sp³-hybridized carbons (Fsp3) is 0.588. The summed E-state index contributed by atoms with van der Waals surface area (Å²) in [6.45, 7) is 6.38. The van der Waals surface area contributed by atoms with Gasteiger partial charge in [0.05, 0.1) is 0 Å². The predicted molar refractivity (Wildman–Crippen MR) is 82.1 cm³/mol. The van der Waals surface area contributed by atoms with E-state index < -0.39 is 0 Å². The minimum atomic E-state index is 0.206. The fourth-order valence-electron chi connectivity index (χ4n) is 3.40. The fourth-order valence-corrected chi connectivity index (χ4v) is 3.40. The van der Waals surface area contributed by atoms with Crippen LogP contribution in [0.5, 0.6) is 0 Å². The van der Waals surface area contributed by atoms with Crippen molar-refractivity contribution in [1.82, 2.24) is 4.90 Å². The Hall–Kier alpha value is -1.51. The highest BCUT2D eigenvalue weighted by Crippen LogP contribution is 2.27. The first-order chi connectivity index (χ1) is 9.66. The molecule has 108 valence electrons. The van der Waals surface area contributed by atoms with E-state index in [0.717, 1.165) is 37.9 Å². The highest BCUT2D eigenvalue weighted by molar-refractivity contribution is 5.95. The number of aryl methyl sites for hydroxylation is 1. The molecule has 0 bridgehead atoms. The Kier molecular flexibility index (Phi) is 3.68. The van der Waals surface area contributed by atoms with Gasteiger partial charge in [0.25, 0.3) is 5.91 Å². The number of nitrogens with one attached hydrogen (secondary N) is 1. The van der Waals surface area contributed by atoms with Crippen LogP contribution in [-0.4, -0.2) is 29.9 Å². The number of anilines is 1. The third-order valence-corrected chi connectivity index (χ3v) is 4.93. The number of amides is 1. The summed E-state index contributed by atoms with van der Waals surface area (Å²) < 4.78 is 0. The molecule has 2 unspecified atom stereocenters. The van der Waals surface area contributed by atoms with E-state index in [1.807, 2.05) is 6.07 Å². The molecule has 0 aromatic heterocycles. The van der Waals surface area contributed by atoms with Crippen molar-refractivity contribution in [1.29, 1.82) is 0 Å². The number of rotatable bonds is 1. The standard InChI is InChI=1S/C17H24N2O/c1-12-5-4-10-19(13(12)2)17(20)15-7-8-16-14(11-15)6-3-9-18-16/h7-8,11-13,18H,3-6,9-10H2,1-2H3. The van der Waals surface area contributed by atoms with Crippen LogP contribution in [0.2, 0.25) is 0 Å². The first-order valence-corrected chi connectivity index (χ1v) is 7.84. The number of benzene rings is 1. The second-order valence-electron chi connectivity index (χ2n) is 6.26. The zero-order valence-corrected chi connectivity index (χ0v) is 12.5. The van der Waals surface area contributed by atoms with Gasteiger partial charge in [-0.1, -0.05) is 6.92 Å². The van der Waals surface area contributed by atoms with Crippen LogP contribution in [0.3, 0.4) is 0 Å². The molecule has 1 fully saturated rings. The number of likely N-dealkylation sites (tertiary alicyclic amines) is 1. The zero-order valence-electron chi connectivity index (χ0n) is 12.5. The number of carbonyl (C=O) groups is 1. The normalized spacial score (nSPS) is 25.8. The number of piperidine rings is 1. The van der Waals surface area contributed by atoms with Gasteiger partial charge in [0.1, 0.15) is 0 Å². The lowest BCUT2D eigenvalue weighted by Gasteiger charge is -2.38. The summed E-state index contributed by atoms with van der Waals surface area (Å²) in [6, 6.07) is 6.49. The maximum atomic E-state index is 12.7. The Balaban J connectivity index is 1.83. The SMILES string of the molecule is CC1CCCN(C(=O)c2ccc3c(c2)CCCN3)C1C. The second kappa shape index (κ2) is 5.47.